The molecular formula is C21H17ClF3N5OS. The van der Waals surface area contributed by atoms with E-state index in [4.69, 9.17) is 17.3 Å². The number of aliphatic hydroxyl groups is 1. The fourth-order valence-corrected chi connectivity index (χ4v) is 5.94. The van der Waals surface area contributed by atoms with Gasteiger partial charge in [-0.2, -0.15) is 0 Å². The topological polar surface area (TPSA) is 97.3 Å². The zero-order valence-corrected chi connectivity index (χ0v) is 18.1. The first-order chi connectivity index (χ1) is 15.3. The molecule has 0 amide bonds. The van der Waals surface area contributed by atoms with Crippen molar-refractivity contribution in [2.24, 2.45) is 16.6 Å². The molecule has 166 valence electrons. The van der Waals surface area contributed by atoms with E-state index in [9.17, 15) is 13.9 Å². The second-order valence-corrected chi connectivity index (χ2v) is 9.92. The molecule has 5 rings (SSSR count). The zero-order valence-electron chi connectivity index (χ0n) is 16.5. The molecule has 0 unspecified atom stereocenters. The number of hydrogen-bond donors (Lipinski definition) is 2. The summed E-state index contributed by atoms with van der Waals surface area (Å²) in [6.45, 7) is -1.33. The number of aliphatic imine (C=N–C) groups is 1. The van der Waals surface area contributed by atoms with Crippen LogP contribution in [0.4, 0.5) is 13.2 Å². The van der Waals surface area contributed by atoms with Gasteiger partial charge in [0.05, 0.1) is 27.6 Å². The minimum Gasteiger partial charge on any atom is -0.395 e. The molecule has 1 aliphatic carbocycles. The third kappa shape index (κ3) is 3.23. The second kappa shape index (κ2) is 7.57. The van der Waals surface area contributed by atoms with Crippen molar-refractivity contribution < 1.29 is 18.3 Å². The minimum absolute atomic E-state index is 0.0403. The van der Waals surface area contributed by atoms with E-state index in [1.807, 2.05) is 0 Å². The van der Waals surface area contributed by atoms with Crippen LogP contribution < -0.4 is 5.73 Å². The Balaban J connectivity index is 1.61. The lowest BCUT2D eigenvalue weighted by molar-refractivity contribution is 0.229. The summed E-state index contributed by atoms with van der Waals surface area (Å²) < 4.78 is 43.5. The van der Waals surface area contributed by atoms with Crippen LogP contribution >= 0.6 is 23.4 Å². The van der Waals surface area contributed by atoms with E-state index in [2.05, 4.69) is 19.9 Å². The van der Waals surface area contributed by atoms with Crippen LogP contribution in [-0.4, -0.2) is 43.3 Å². The molecule has 2 aliphatic rings. The van der Waals surface area contributed by atoms with Crippen molar-refractivity contribution in [3.63, 3.8) is 0 Å². The number of alkyl halides is 1. The highest BCUT2D eigenvalue weighted by Crippen LogP contribution is 2.65. The van der Waals surface area contributed by atoms with Gasteiger partial charge in [-0.25, -0.2) is 28.1 Å². The molecule has 3 aromatic rings. The smallest absolute Gasteiger partial charge is 0.164 e. The van der Waals surface area contributed by atoms with Gasteiger partial charge in [0.15, 0.2) is 16.8 Å². The third-order valence-corrected chi connectivity index (χ3v) is 7.63. The van der Waals surface area contributed by atoms with Crippen LogP contribution in [-0.2, 0) is 12.0 Å². The number of fused-ring (bicyclic) bond motifs is 2. The Hall–Kier alpha value is -2.43. The molecule has 1 aromatic carbocycles. The van der Waals surface area contributed by atoms with Crippen molar-refractivity contribution >= 4 is 39.6 Å². The standard InChI is InChI=1S/C21H17ClF3N5OS/c22-11-4-15-18(27-6-11)14(28-9-29-15)3-10-1-12(17(25)13(24)2-10)21(7-23)16-5-20(16,8-31)32-19(26)30-21/h1-2,4,6,9,16,31H,3,5,7-8H2,(H2,26,30)/t16-,20-,21-/m1/s1. The fraction of sp³-hybridized carbons (Fsp3) is 0.333. The molecule has 3 heterocycles. The Kier molecular flexibility index (Phi) is 5.06. The van der Waals surface area contributed by atoms with Crippen LogP contribution in [0.3, 0.4) is 0 Å². The van der Waals surface area contributed by atoms with E-state index >= 15 is 4.39 Å². The number of nitrogens with zero attached hydrogens (tertiary/aromatic N) is 4. The van der Waals surface area contributed by atoms with E-state index in [1.54, 1.807) is 6.07 Å². The summed E-state index contributed by atoms with van der Waals surface area (Å²) in [5.41, 5.74) is 5.83. The van der Waals surface area contributed by atoms with Gasteiger partial charge in [0.1, 0.15) is 24.1 Å². The molecule has 6 nitrogen and oxygen atoms in total. The van der Waals surface area contributed by atoms with E-state index < -0.39 is 34.5 Å². The Morgan fingerprint density at radius 3 is 2.78 bits per heavy atom. The Bertz CT molecular complexity index is 1280. The van der Waals surface area contributed by atoms with Gasteiger partial charge in [-0.05, 0) is 30.2 Å². The van der Waals surface area contributed by atoms with Gasteiger partial charge < -0.3 is 10.8 Å². The van der Waals surface area contributed by atoms with Crippen molar-refractivity contribution in [2.45, 2.75) is 23.1 Å². The first-order valence-corrected chi connectivity index (χ1v) is 11.0. The fourth-order valence-electron chi connectivity index (χ4n) is 4.52. The molecule has 32 heavy (non-hydrogen) atoms. The van der Waals surface area contributed by atoms with Gasteiger partial charge in [0.25, 0.3) is 0 Å². The lowest BCUT2D eigenvalue weighted by Crippen LogP contribution is -2.41. The molecule has 1 aliphatic heterocycles. The summed E-state index contributed by atoms with van der Waals surface area (Å²) in [4.78, 5) is 16.9. The lowest BCUT2D eigenvalue weighted by Gasteiger charge is -2.34. The van der Waals surface area contributed by atoms with Crippen LogP contribution in [0.5, 0.6) is 0 Å². The van der Waals surface area contributed by atoms with Gasteiger partial charge in [0.2, 0.25) is 0 Å². The van der Waals surface area contributed by atoms with E-state index in [0.717, 1.165) is 17.8 Å². The first kappa shape index (κ1) is 21.4. The maximum Gasteiger partial charge on any atom is 0.164 e. The molecule has 11 heteroatoms. The molecule has 0 bridgehead atoms. The number of halogens is 4. The average Bonchev–Trinajstić information content (AvgIpc) is 3.51. The summed E-state index contributed by atoms with van der Waals surface area (Å²) in [5, 5.41) is 10.3. The monoisotopic (exact) mass is 479 g/mol. The van der Waals surface area contributed by atoms with Crippen molar-refractivity contribution in [3.8, 4) is 0 Å². The van der Waals surface area contributed by atoms with E-state index in [0.29, 0.717) is 33.7 Å². The average molecular weight is 480 g/mol. The van der Waals surface area contributed by atoms with Crippen LogP contribution in [0.2, 0.25) is 5.02 Å². The normalized spacial score (nSPS) is 26.7. The highest BCUT2D eigenvalue weighted by molar-refractivity contribution is 8.15. The number of pyridine rings is 1. The molecule has 0 saturated heterocycles. The largest absolute Gasteiger partial charge is 0.395 e. The maximum atomic E-state index is 15.0. The summed E-state index contributed by atoms with van der Waals surface area (Å²) in [6, 6.07) is 4.07. The first-order valence-electron chi connectivity index (χ1n) is 9.76. The van der Waals surface area contributed by atoms with Crippen molar-refractivity contribution in [3.05, 3.63) is 64.2 Å². The quantitative estimate of drug-likeness (QED) is 0.581. The van der Waals surface area contributed by atoms with E-state index in [-0.39, 0.29) is 23.8 Å². The van der Waals surface area contributed by atoms with Crippen molar-refractivity contribution in [1.82, 2.24) is 15.0 Å². The van der Waals surface area contributed by atoms with Gasteiger partial charge >= 0.3 is 0 Å². The predicted octanol–water partition coefficient (Wildman–Crippen LogP) is 3.52. The molecule has 1 fully saturated rings. The van der Waals surface area contributed by atoms with Gasteiger partial charge in [-0.3, -0.25) is 4.98 Å². The molecule has 0 spiro atoms. The number of aliphatic hydroxyl groups excluding tert-OH is 1. The third-order valence-electron chi connectivity index (χ3n) is 6.13. The number of nitrogens with two attached hydrogens (primary N) is 1. The number of aromatic nitrogens is 3. The van der Waals surface area contributed by atoms with Crippen LogP contribution in [0.1, 0.15) is 23.2 Å². The summed E-state index contributed by atoms with van der Waals surface area (Å²) >= 11 is 7.12. The van der Waals surface area contributed by atoms with Gasteiger partial charge in [0, 0.05) is 24.1 Å². The summed E-state index contributed by atoms with van der Waals surface area (Å²) in [7, 11) is 0. The zero-order chi connectivity index (χ0) is 22.7. The van der Waals surface area contributed by atoms with Crippen molar-refractivity contribution in [2.75, 3.05) is 13.3 Å². The maximum absolute atomic E-state index is 15.0. The highest BCUT2D eigenvalue weighted by atomic mass is 35.5. The molecule has 3 N–H and O–H groups in total. The Morgan fingerprint density at radius 2 is 2.03 bits per heavy atom. The van der Waals surface area contributed by atoms with Crippen LogP contribution in [0.25, 0.3) is 11.0 Å². The SMILES string of the molecule is NC1=N[C@](CF)(c2cc(Cc3ncnc4cc(Cl)cnc34)cc(F)c2F)[C@@H]2C[C@]2(CO)S1. The van der Waals surface area contributed by atoms with Crippen LogP contribution in [0.15, 0.2) is 35.7 Å². The van der Waals surface area contributed by atoms with E-state index in [1.165, 1.54) is 18.6 Å². The van der Waals surface area contributed by atoms with Gasteiger partial charge in [-0.1, -0.05) is 23.4 Å². The number of hydrogen-bond acceptors (Lipinski definition) is 7. The molecule has 3 atom stereocenters. The Labute approximate surface area is 190 Å². The molecule has 1 saturated carbocycles. The van der Waals surface area contributed by atoms with Crippen LogP contribution in [0, 0.1) is 17.6 Å². The molecule has 0 radical (unpaired) electrons. The number of rotatable bonds is 5. The lowest BCUT2D eigenvalue weighted by atomic mass is 9.83. The minimum atomic E-state index is -1.70. The summed E-state index contributed by atoms with van der Waals surface area (Å²) in [6.07, 6.45) is 3.28. The molecular weight excluding hydrogens is 463 g/mol. The second-order valence-electron chi connectivity index (χ2n) is 8.05. The highest BCUT2D eigenvalue weighted by Gasteiger charge is 2.68. The van der Waals surface area contributed by atoms with Gasteiger partial charge in [-0.15, -0.1) is 0 Å². The molecule has 2 aromatic heterocycles. The predicted molar refractivity (Wildman–Crippen MR) is 116 cm³/mol. The number of benzene rings is 1. The van der Waals surface area contributed by atoms with Crippen molar-refractivity contribution in [1.29, 1.82) is 0 Å². The number of amidine groups is 1. The number of thioether (sulfide) groups is 1. The Morgan fingerprint density at radius 1 is 1.22 bits per heavy atom. The summed E-state index contributed by atoms with van der Waals surface area (Å²) in [5.74, 6) is -2.80.